The largest absolute Gasteiger partial charge is 0.298 e. The molecule has 0 unspecified atom stereocenters. The Morgan fingerprint density at radius 3 is 3.19 bits per heavy atom. The maximum absolute atomic E-state index is 11.5. The van der Waals surface area contributed by atoms with Crippen molar-refractivity contribution in [3.63, 3.8) is 0 Å². The summed E-state index contributed by atoms with van der Waals surface area (Å²) in [4.78, 5) is 13.6. The summed E-state index contributed by atoms with van der Waals surface area (Å²) in [6, 6.07) is -0.931. The van der Waals surface area contributed by atoms with Gasteiger partial charge in [-0.1, -0.05) is 17.3 Å². The molecular weight excluding hydrogens is 264 g/mol. The van der Waals surface area contributed by atoms with Crippen LogP contribution in [0.2, 0.25) is 0 Å². The summed E-state index contributed by atoms with van der Waals surface area (Å²) >= 11 is 0. The van der Waals surface area contributed by atoms with E-state index in [9.17, 15) is 4.79 Å². The summed E-state index contributed by atoms with van der Waals surface area (Å²) in [6.45, 7) is 5.27. The number of Topliss-reactive ketones (excluding diaryl/α,β-unsaturated/α-hetero) is 1. The lowest BCUT2D eigenvalue weighted by molar-refractivity contribution is -0.121. The monoisotopic (exact) mass is 295 g/mol. The van der Waals surface area contributed by atoms with E-state index in [1.807, 2.05) is 11.8 Å². The van der Waals surface area contributed by atoms with Gasteiger partial charge in [0.2, 0.25) is 0 Å². The van der Waals surface area contributed by atoms with Gasteiger partial charge in [-0.2, -0.15) is 0 Å². The van der Waals surface area contributed by atoms with Crippen molar-refractivity contribution in [3.05, 3.63) is 37.1 Å². The van der Waals surface area contributed by atoms with Gasteiger partial charge in [-0.05, 0) is 39.7 Å². The number of unbranched alkanes of at least 4 members (excludes halogenated alkanes) is 1. The Kier molecular flexibility index (Phi) is 4.79. The van der Waals surface area contributed by atoms with Crippen LogP contribution in [0.4, 0.5) is 0 Å². The number of rotatable bonds is 11. The maximum Gasteiger partial charge on any atom is 0.146 e. The lowest BCUT2D eigenvalue weighted by Gasteiger charge is -2.25. The van der Waals surface area contributed by atoms with Gasteiger partial charge >= 0.3 is 0 Å². The first-order chi connectivity index (χ1) is 12.1. The van der Waals surface area contributed by atoms with E-state index in [1.165, 1.54) is 6.20 Å². The van der Waals surface area contributed by atoms with Gasteiger partial charge in [-0.15, -0.1) is 18.2 Å². The molecule has 0 aliphatic heterocycles. The van der Waals surface area contributed by atoms with E-state index < -0.39 is 19.1 Å². The van der Waals surface area contributed by atoms with Crippen LogP contribution in [0.1, 0.15) is 39.2 Å². The molecule has 0 N–H and O–H groups in total. The molecule has 1 aromatic heterocycles. The molecule has 116 valence electrons. The van der Waals surface area contributed by atoms with Crippen molar-refractivity contribution in [2.45, 2.75) is 45.6 Å². The molecule has 1 aromatic rings. The molecule has 0 aliphatic rings. The molecule has 0 aromatic carbocycles. The van der Waals surface area contributed by atoms with Crippen LogP contribution >= 0.6 is 0 Å². The summed E-state index contributed by atoms with van der Waals surface area (Å²) in [5.41, 5.74) is 0.577. The summed E-state index contributed by atoms with van der Waals surface area (Å²) < 4.78 is 38.2. The summed E-state index contributed by atoms with van der Waals surface area (Å²) in [5, 5.41) is 7.59. The van der Waals surface area contributed by atoms with Crippen LogP contribution < -0.4 is 0 Å². The highest BCUT2D eigenvalue weighted by Gasteiger charge is 2.15. The molecule has 0 bridgehead atoms. The molecule has 0 aliphatic carbocycles. The van der Waals surface area contributed by atoms with E-state index in [4.69, 9.17) is 6.85 Å². The van der Waals surface area contributed by atoms with Gasteiger partial charge in [0.05, 0.1) is 25.1 Å². The summed E-state index contributed by atoms with van der Waals surface area (Å²) in [5.74, 6) is 0.111. The fourth-order valence-corrected chi connectivity index (χ4v) is 2.01. The van der Waals surface area contributed by atoms with E-state index >= 15 is 0 Å². The molecule has 0 spiro atoms. The quantitative estimate of drug-likeness (QED) is 0.464. The average Bonchev–Trinajstić information content (AvgIpc) is 3.05. The Bertz CT molecular complexity index is 655. The Balaban J connectivity index is 2.60. The first-order valence-electron chi connectivity index (χ1n) is 9.52. The van der Waals surface area contributed by atoms with Crippen LogP contribution in [0.5, 0.6) is 0 Å². The number of aromatic nitrogens is 3. The Labute approximate surface area is 134 Å². The predicted molar refractivity (Wildman–Crippen MR) is 85.1 cm³/mol. The third-order valence-corrected chi connectivity index (χ3v) is 3.34. The highest BCUT2D eigenvalue weighted by molar-refractivity contribution is 5.80. The topological polar surface area (TPSA) is 51.0 Å². The van der Waals surface area contributed by atoms with Gasteiger partial charge in [0.25, 0.3) is 0 Å². The molecule has 0 fully saturated rings. The minimum atomic E-state index is -2.37. The fourth-order valence-electron chi connectivity index (χ4n) is 2.01. The SMILES string of the molecule is [2H]C([2H])=C([2H])C([2H])([2H])n1cc(CCCCN(CC=C)[C@@H](C)C(C)=O)nn1. The van der Waals surface area contributed by atoms with Crippen LogP contribution in [0.15, 0.2) is 31.4 Å². The van der Waals surface area contributed by atoms with Crippen LogP contribution in [-0.2, 0) is 17.7 Å². The van der Waals surface area contributed by atoms with Crippen molar-refractivity contribution in [1.29, 1.82) is 0 Å². The van der Waals surface area contributed by atoms with Crippen LogP contribution in [-0.4, -0.2) is 44.8 Å². The number of ketones is 1. The van der Waals surface area contributed by atoms with Crippen molar-refractivity contribution < 1.29 is 11.6 Å². The maximum atomic E-state index is 11.5. The minimum Gasteiger partial charge on any atom is -0.298 e. The van der Waals surface area contributed by atoms with E-state index in [1.54, 1.807) is 13.0 Å². The van der Waals surface area contributed by atoms with Crippen molar-refractivity contribution in [1.82, 2.24) is 19.9 Å². The molecule has 5 nitrogen and oxygen atoms in total. The van der Waals surface area contributed by atoms with Gasteiger partial charge in [-0.3, -0.25) is 9.69 Å². The normalized spacial score (nSPS) is 16.2. The first-order valence-corrected chi connectivity index (χ1v) is 7.02. The van der Waals surface area contributed by atoms with E-state index in [2.05, 4.69) is 16.9 Å². The highest BCUT2D eigenvalue weighted by atomic mass is 16.1. The number of hydrogen-bond donors (Lipinski definition) is 0. The Morgan fingerprint density at radius 2 is 2.52 bits per heavy atom. The lowest BCUT2D eigenvalue weighted by Crippen LogP contribution is -2.38. The van der Waals surface area contributed by atoms with Gasteiger partial charge < -0.3 is 0 Å². The second-order valence-electron chi connectivity index (χ2n) is 4.92. The number of allylic oxidation sites excluding steroid dienone is 1. The van der Waals surface area contributed by atoms with E-state index in [-0.39, 0.29) is 11.8 Å². The minimum absolute atomic E-state index is 0.111. The number of carbonyl (C=O) groups excluding carboxylic acids is 1. The fraction of sp³-hybridized carbons (Fsp3) is 0.562. The van der Waals surface area contributed by atoms with Crippen molar-refractivity contribution in [2.24, 2.45) is 0 Å². The molecule has 21 heavy (non-hydrogen) atoms. The van der Waals surface area contributed by atoms with Crippen molar-refractivity contribution in [2.75, 3.05) is 13.1 Å². The lowest BCUT2D eigenvalue weighted by atomic mass is 10.1. The summed E-state index contributed by atoms with van der Waals surface area (Å²) in [6.07, 6.45) is 5.37. The highest BCUT2D eigenvalue weighted by Crippen LogP contribution is 2.06. The zero-order valence-corrected chi connectivity index (χ0v) is 12.7. The van der Waals surface area contributed by atoms with E-state index in [0.717, 1.165) is 24.1 Å². The smallest absolute Gasteiger partial charge is 0.146 e. The molecule has 0 amide bonds. The molecular formula is C16H26N4O. The third kappa shape index (κ3) is 6.04. The van der Waals surface area contributed by atoms with Gasteiger partial charge in [0.15, 0.2) is 0 Å². The van der Waals surface area contributed by atoms with Crippen molar-refractivity contribution >= 4 is 5.78 Å². The standard InChI is InChI=1S/C16H26N4O/c1-5-10-19(14(3)15(4)21)12-8-7-9-16-13-20(11-6-2)18-17-16/h5-6,13-14H,1-2,7-12H2,3-4H3/t14-/m0/s1/i2D2,6D,11D2. The predicted octanol–water partition coefficient (Wildman–Crippen LogP) is 2.25. The summed E-state index contributed by atoms with van der Waals surface area (Å²) in [7, 11) is 0. The van der Waals surface area contributed by atoms with Crippen LogP contribution in [0.3, 0.4) is 0 Å². The molecule has 0 saturated carbocycles. The van der Waals surface area contributed by atoms with Crippen LogP contribution in [0, 0.1) is 0 Å². The zero-order valence-electron chi connectivity index (χ0n) is 17.7. The first kappa shape index (κ1) is 10.9. The third-order valence-electron chi connectivity index (χ3n) is 3.34. The molecule has 1 atom stereocenters. The molecule has 1 rings (SSSR count). The number of carbonyl (C=O) groups is 1. The van der Waals surface area contributed by atoms with Gasteiger partial charge in [0.1, 0.15) is 5.78 Å². The Morgan fingerprint density at radius 1 is 1.71 bits per heavy atom. The van der Waals surface area contributed by atoms with Gasteiger partial charge in [0, 0.05) is 12.7 Å². The average molecular weight is 295 g/mol. The molecule has 1 heterocycles. The molecule has 0 radical (unpaired) electrons. The van der Waals surface area contributed by atoms with Crippen molar-refractivity contribution in [3.8, 4) is 0 Å². The number of aryl methyl sites for hydroxylation is 1. The molecule has 0 saturated heterocycles. The van der Waals surface area contributed by atoms with Gasteiger partial charge in [-0.25, -0.2) is 4.68 Å². The second-order valence-corrected chi connectivity index (χ2v) is 4.92. The molecule has 5 heteroatoms. The Hall–Kier alpha value is -1.75. The van der Waals surface area contributed by atoms with Crippen LogP contribution in [0.25, 0.3) is 0 Å². The second kappa shape index (κ2) is 9.23. The zero-order chi connectivity index (χ0) is 19.9. The number of nitrogens with zero attached hydrogens (tertiary/aromatic N) is 4. The number of hydrogen-bond acceptors (Lipinski definition) is 4. The van der Waals surface area contributed by atoms with E-state index in [0.29, 0.717) is 18.7 Å².